The summed E-state index contributed by atoms with van der Waals surface area (Å²) in [5, 5.41) is 6.10. The minimum atomic E-state index is 0.143. The lowest BCUT2D eigenvalue weighted by molar-refractivity contribution is -0.121. The number of amides is 1. The molecule has 15 heavy (non-hydrogen) atoms. The van der Waals surface area contributed by atoms with E-state index in [4.69, 9.17) is 0 Å². The summed E-state index contributed by atoms with van der Waals surface area (Å²) in [6.07, 6.45) is 6.34. The van der Waals surface area contributed by atoms with Crippen LogP contribution < -0.4 is 10.6 Å². The maximum atomic E-state index is 11.3. The lowest BCUT2D eigenvalue weighted by Gasteiger charge is -2.03. The number of aromatic amines is 1. The fourth-order valence-electron chi connectivity index (χ4n) is 1.33. The van der Waals surface area contributed by atoms with Crippen LogP contribution in [0.2, 0.25) is 0 Å². The first-order valence-corrected chi connectivity index (χ1v) is 5.33. The SMILES string of the molecule is O=C(CCNCc1ncc[nH]1)NC1CC1. The molecule has 1 aliphatic rings. The van der Waals surface area contributed by atoms with Crippen molar-refractivity contribution in [3.05, 3.63) is 18.2 Å². The molecule has 0 saturated heterocycles. The Hall–Kier alpha value is -1.36. The molecule has 1 amide bonds. The third-order valence-corrected chi connectivity index (χ3v) is 2.32. The molecular formula is C10H16N4O. The summed E-state index contributed by atoms with van der Waals surface area (Å²) in [5.74, 6) is 1.04. The molecule has 0 bridgehead atoms. The van der Waals surface area contributed by atoms with Crippen LogP contribution in [0, 0.1) is 0 Å². The molecule has 5 heteroatoms. The normalized spacial score (nSPS) is 15.2. The predicted molar refractivity (Wildman–Crippen MR) is 56.1 cm³/mol. The molecule has 1 saturated carbocycles. The van der Waals surface area contributed by atoms with E-state index >= 15 is 0 Å². The van der Waals surface area contributed by atoms with E-state index in [0.717, 1.165) is 18.7 Å². The molecule has 0 spiro atoms. The van der Waals surface area contributed by atoms with Crippen LogP contribution in [-0.4, -0.2) is 28.5 Å². The van der Waals surface area contributed by atoms with Crippen molar-refractivity contribution in [3.8, 4) is 0 Å². The first-order valence-electron chi connectivity index (χ1n) is 5.33. The minimum absolute atomic E-state index is 0.143. The number of nitrogens with one attached hydrogen (secondary N) is 3. The number of rotatable bonds is 6. The molecule has 0 unspecified atom stereocenters. The number of carbonyl (C=O) groups is 1. The molecule has 1 aromatic rings. The van der Waals surface area contributed by atoms with Crippen LogP contribution >= 0.6 is 0 Å². The second-order valence-corrected chi connectivity index (χ2v) is 3.80. The third kappa shape index (κ3) is 3.71. The molecule has 5 nitrogen and oxygen atoms in total. The van der Waals surface area contributed by atoms with Crippen LogP contribution in [0.3, 0.4) is 0 Å². The van der Waals surface area contributed by atoms with Crippen LogP contribution in [0.25, 0.3) is 0 Å². The van der Waals surface area contributed by atoms with E-state index in [9.17, 15) is 4.79 Å². The molecule has 0 aromatic carbocycles. The van der Waals surface area contributed by atoms with Gasteiger partial charge in [-0.15, -0.1) is 0 Å². The van der Waals surface area contributed by atoms with Crippen molar-refractivity contribution < 1.29 is 4.79 Å². The predicted octanol–water partition coefficient (Wildman–Crippen LogP) is 0.168. The summed E-state index contributed by atoms with van der Waals surface area (Å²) in [4.78, 5) is 18.3. The van der Waals surface area contributed by atoms with Gasteiger partial charge in [0.15, 0.2) is 0 Å². The molecule has 3 N–H and O–H groups in total. The zero-order valence-corrected chi connectivity index (χ0v) is 8.62. The fraction of sp³-hybridized carbons (Fsp3) is 0.600. The molecule has 1 aliphatic carbocycles. The lowest BCUT2D eigenvalue weighted by atomic mass is 10.4. The Morgan fingerprint density at radius 3 is 3.13 bits per heavy atom. The number of imidazole rings is 1. The van der Waals surface area contributed by atoms with Gasteiger partial charge in [0.25, 0.3) is 0 Å². The highest BCUT2D eigenvalue weighted by atomic mass is 16.1. The molecule has 1 fully saturated rings. The van der Waals surface area contributed by atoms with Crippen molar-refractivity contribution in [1.29, 1.82) is 0 Å². The smallest absolute Gasteiger partial charge is 0.221 e. The van der Waals surface area contributed by atoms with Crippen molar-refractivity contribution in [2.24, 2.45) is 0 Å². The second kappa shape index (κ2) is 4.93. The maximum absolute atomic E-state index is 11.3. The Balaban J connectivity index is 1.52. The number of carbonyl (C=O) groups excluding carboxylic acids is 1. The van der Waals surface area contributed by atoms with Gasteiger partial charge in [0.05, 0.1) is 6.54 Å². The second-order valence-electron chi connectivity index (χ2n) is 3.80. The Kier molecular flexibility index (Phi) is 3.34. The van der Waals surface area contributed by atoms with Crippen molar-refractivity contribution in [2.45, 2.75) is 31.8 Å². The number of hydrogen-bond acceptors (Lipinski definition) is 3. The van der Waals surface area contributed by atoms with E-state index < -0.39 is 0 Å². The summed E-state index contributed by atoms with van der Waals surface area (Å²) >= 11 is 0. The molecule has 0 radical (unpaired) electrons. The van der Waals surface area contributed by atoms with Gasteiger partial charge in [0.1, 0.15) is 5.82 Å². The zero-order chi connectivity index (χ0) is 10.5. The van der Waals surface area contributed by atoms with Gasteiger partial charge in [-0.25, -0.2) is 4.98 Å². The van der Waals surface area contributed by atoms with Crippen LogP contribution in [-0.2, 0) is 11.3 Å². The third-order valence-electron chi connectivity index (χ3n) is 2.32. The van der Waals surface area contributed by atoms with Gasteiger partial charge in [-0.2, -0.15) is 0 Å². The Bertz CT molecular complexity index is 305. The fourth-order valence-corrected chi connectivity index (χ4v) is 1.33. The van der Waals surface area contributed by atoms with E-state index in [-0.39, 0.29) is 5.91 Å². The summed E-state index contributed by atoms with van der Waals surface area (Å²) < 4.78 is 0. The van der Waals surface area contributed by atoms with Crippen molar-refractivity contribution in [1.82, 2.24) is 20.6 Å². The van der Waals surface area contributed by atoms with Crippen molar-refractivity contribution in [3.63, 3.8) is 0 Å². The zero-order valence-electron chi connectivity index (χ0n) is 8.62. The van der Waals surface area contributed by atoms with Gasteiger partial charge in [-0.1, -0.05) is 0 Å². The molecule has 1 aromatic heterocycles. The van der Waals surface area contributed by atoms with E-state index in [1.807, 2.05) is 0 Å². The molecule has 2 rings (SSSR count). The van der Waals surface area contributed by atoms with Crippen molar-refractivity contribution in [2.75, 3.05) is 6.54 Å². The van der Waals surface area contributed by atoms with Gasteiger partial charge in [-0.3, -0.25) is 4.79 Å². The highest BCUT2D eigenvalue weighted by Gasteiger charge is 2.22. The molecule has 0 atom stereocenters. The van der Waals surface area contributed by atoms with Gasteiger partial charge >= 0.3 is 0 Å². The van der Waals surface area contributed by atoms with Gasteiger partial charge in [-0.05, 0) is 12.8 Å². The van der Waals surface area contributed by atoms with Crippen LogP contribution in [0.15, 0.2) is 12.4 Å². The molecule has 0 aliphatic heterocycles. The largest absolute Gasteiger partial charge is 0.353 e. The number of H-pyrrole nitrogens is 1. The van der Waals surface area contributed by atoms with Crippen LogP contribution in [0.4, 0.5) is 0 Å². The quantitative estimate of drug-likeness (QED) is 0.584. The number of nitrogens with zero attached hydrogens (tertiary/aromatic N) is 1. The van der Waals surface area contributed by atoms with Gasteiger partial charge in [0, 0.05) is 31.4 Å². The Morgan fingerprint density at radius 1 is 1.60 bits per heavy atom. The minimum Gasteiger partial charge on any atom is -0.353 e. The number of hydrogen-bond donors (Lipinski definition) is 3. The Morgan fingerprint density at radius 2 is 2.47 bits per heavy atom. The monoisotopic (exact) mass is 208 g/mol. The topological polar surface area (TPSA) is 69.8 Å². The standard InChI is InChI=1S/C10H16N4O/c15-10(14-8-1-2-8)3-4-11-7-9-12-5-6-13-9/h5-6,8,11H,1-4,7H2,(H,12,13)(H,14,15). The first kappa shape index (κ1) is 10.2. The number of aromatic nitrogens is 2. The van der Waals surface area contributed by atoms with E-state index in [0.29, 0.717) is 25.6 Å². The average Bonchev–Trinajstić information content (AvgIpc) is 2.87. The van der Waals surface area contributed by atoms with Crippen LogP contribution in [0.5, 0.6) is 0 Å². The van der Waals surface area contributed by atoms with Gasteiger partial charge < -0.3 is 15.6 Å². The highest BCUT2D eigenvalue weighted by Crippen LogP contribution is 2.18. The maximum Gasteiger partial charge on any atom is 0.221 e. The average molecular weight is 208 g/mol. The highest BCUT2D eigenvalue weighted by molar-refractivity contribution is 5.76. The molecule has 82 valence electrons. The first-order chi connectivity index (χ1) is 7.34. The summed E-state index contributed by atoms with van der Waals surface area (Å²) in [7, 11) is 0. The lowest BCUT2D eigenvalue weighted by Crippen LogP contribution is -2.29. The summed E-state index contributed by atoms with van der Waals surface area (Å²) in [6.45, 7) is 1.38. The Labute approximate surface area is 88.7 Å². The van der Waals surface area contributed by atoms with E-state index in [1.165, 1.54) is 0 Å². The van der Waals surface area contributed by atoms with Crippen LogP contribution in [0.1, 0.15) is 25.1 Å². The van der Waals surface area contributed by atoms with E-state index in [2.05, 4.69) is 20.6 Å². The molecule has 1 heterocycles. The molecular weight excluding hydrogens is 192 g/mol. The van der Waals surface area contributed by atoms with E-state index in [1.54, 1.807) is 12.4 Å². The summed E-state index contributed by atoms with van der Waals surface area (Å²) in [5.41, 5.74) is 0. The summed E-state index contributed by atoms with van der Waals surface area (Å²) in [6, 6.07) is 0.461. The van der Waals surface area contributed by atoms with Gasteiger partial charge in [0.2, 0.25) is 5.91 Å². The van der Waals surface area contributed by atoms with Crippen molar-refractivity contribution >= 4 is 5.91 Å².